The Hall–Kier alpha value is -2.38. The lowest BCUT2D eigenvalue weighted by molar-refractivity contribution is 0.0590. The molecule has 3 aromatic rings. The van der Waals surface area contributed by atoms with Gasteiger partial charge in [-0.15, -0.1) is 5.10 Å². The zero-order valence-electron chi connectivity index (χ0n) is 12.2. The summed E-state index contributed by atoms with van der Waals surface area (Å²) in [5.74, 6) is 0.175. The summed E-state index contributed by atoms with van der Waals surface area (Å²) in [6.45, 7) is 1.76. The van der Waals surface area contributed by atoms with Gasteiger partial charge in [0, 0.05) is 5.56 Å². The van der Waals surface area contributed by atoms with Crippen molar-refractivity contribution in [3.05, 3.63) is 45.7 Å². The number of benzene rings is 1. The minimum Gasteiger partial charge on any atom is -0.464 e. The highest BCUT2D eigenvalue weighted by atomic mass is 35.5. The van der Waals surface area contributed by atoms with E-state index in [1.807, 2.05) is 0 Å². The SMILES string of the molecule is COC(=O)c1cc(C)nn1-c1n[nH]c(-c2ccc(Cl)c(Cl)c2)n1. The van der Waals surface area contributed by atoms with Crippen molar-refractivity contribution < 1.29 is 9.53 Å². The molecule has 1 N–H and O–H groups in total. The lowest BCUT2D eigenvalue weighted by Gasteiger charge is -2.00. The molecule has 0 aliphatic rings. The molecule has 23 heavy (non-hydrogen) atoms. The van der Waals surface area contributed by atoms with E-state index < -0.39 is 5.97 Å². The fourth-order valence-electron chi connectivity index (χ4n) is 2.02. The number of carbonyl (C=O) groups is 1. The normalized spacial score (nSPS) is 10.8. The number of aromatic amines is 1. The van der Waals surface area contributed by atoms with Crippen LogP contribution in [0.4, 0.5) is 0 Å². The summed E-state index contributed by atoms with van der Waals surface area (Å²) < 4.78 is 6.05. The molecule has 2 heterocycles. The van der Waals surface area contributed by atoms with Crippen LogP contribution in [0.1, 0.15) is 16.2 Å². The smallest absolute Gasteiger partial charge is 0.356 e. The molecule has 0 saturated carbocycles. The van der Waals surface area contributed by atoms with Gasteiger partial charge in [0.25, 0.3) is 5.95 Å². The molecule has 0 saturated heterocycles. The fourth-order valence-corrected chi connectivity index (χ4v) is 2.32. The molecule has 0 bridgehead atoms. The molecule has 118 valence electrons. The molecule has 0 aliphatic heterocycles. The maximum atomic E-state index is 11.8. The summed E-state index contributed by atoms with van der Waals surface area (Å²) in [5, 5.41) is 11.9. The molecular weight excluding hydrogens is 341 g/mol. The molecule has 0 spiro atoms. The molecule has 7 nitrogen and oxygen atoms in total. The van der Waals surface area contributed by atoms with E-state index in [0.717, 1.165) is 0 Å². The van der Waals surface area contributed by atoms with Crippen LogP contribution in [0.25, 0.3) is 17.3 Å². The quantitative estimate of drug-likeness (QED) is 0.732. The lowest BCUT2D eigenvalue weighted by atomic mass is 10.2. The van der Waals surface area contributed by atoms with E-state index in [1.54, 1.807) is 31.2 Å². The van der Waals surface area contributed by atoms with E-state index >= 15 is 0 Å². The lowest BCUT2D eigenvalue weighted by Crippen LogP contribution is -2.11. The second-order valence-corrected chi connectivity index (χ2v) is 5.50. The maximum absolute atomic E-state index is 11.8. The van der Waals surface area contributed by atoms with Gasteiger partial charge in [0.05, 0.1) is 22.8 Å². The van der Waals surface area contributed by atoms with E-state index in [2.05, 4.69) is 20.3 Å². The number of nitrogens with zero attached hydrogens (tertiary/aromatic N) is 4. The summed E-state index contributed by atoms with van der Waals surface area (Å²) >= 11 is 11.9. The Bertz CT molecular complexity index is 887. The maximum Gasteiger partial charge on any atom is 0.356 e. The van der Waals surface area contributed by atoms with Gasteiger partial charge in [-0.2, -0.15) is 14.8 Å². The van der Waals surface area contributed by atoms with E-state index in [4.69, 9.17) is 27.9 Å². The number of hydrogen-bond donors (Lipinski definition) is 1. The Labute approximate surface area is 141 Å². The zero-order chi connectivity index (χ0) is 16.6. The third-order valence-electron chi connectivity index (χ3n) is 3.08. The van der Waals surface area contributed by atoms with Crippen molar-refractivity contribution >= 4 is 29.2 Å². The van der Waals surface area contributed by atoms with Crippen molar-refractivity contribution in [1.29, 1.82) is 0 Å². The number of nitrogens with one attached hydrogen (secondary N) is 1. The number of aromatic nitrogens is 5. The second kappa shape index (κ2) is 6.02. The van der Waals surface area contributed by atoms with Crippen molar-refractivity contribution in [2.45, 2.75) is 6.92 Å². The molecule has 0 fully saturated rings. The van der Waals surface area contributed by atoms with Crippen molar-refractivity contribution in [1.82, 2.24) is 25.0 Å². The number of halogens is 2. The predicted octanol–water partition coefficient (Wildman–Crippen LogP) is 3.06. The second-order valence-electron chi connectivity index (χ2n) is 4.69. The monoisotopic (exact) mass is 351 g/mol. The highest BCUT2D eigenvalue weighted by molar-refractivity contribution is 6.42. The summed E-state index contributed by atoms with van der Waals surface area (Å²) in [7, 11) is 1.30. The van der Waals surface area contributed by atoms with Crippen molar-refractivity contribution in [2.24, 2.45) is 0 Å². The summed E-state index contributed by atoms with van der Waals surface area (Å²) in [6.07, 6.45) is 0. The summed E-state index contributed by atoms with van der Waals surface area (Å²) in [4.78, 5) is 16.1. The first-order valence-electron chi connectivity index (χ1n) is 6.53. The average Bonchev–Trinajstić information content (AvgIpc) is 3.15. The van der Waals surface area contributed by atoms with Crippen LogP contribution in [0.5, 0.6) is 0 Å². The van der Waals surface area contributed by atoms with Crippen LogP contribution >= 0.6 is 23.2 Å². The van der Waals surface area contributed by atoms with Crippen LogP contribution < -0.4 is 0 Å². The zero-order valence-corrected chi connectivity index (χ0v) is 13.7. The first kappa shape index (κ1) is 15.5. The van der Waals surface area contributed by atoms with Crippen molar-refractivity contribution in [3.63, 3.8) is 0 Å². The average molecular weight is 352 g/mol. The van der Waals surface area contributed by atoms with Gasteiger partial charge in [-0.25, -0.2) is 4.79 Å². The first-order chi connectivity index (χ1) is 11.0. The van der Waals surface area contributed by atoms with Crippen molar-refractivity contribution in [2.75, 3.05) is 7.11 Å². The number of hydrogen-bond acceptors (Lipinski definition) is 5. The predicted molar refractivity (Wildman–Crippen MR) is 85.0 cm³/mol. The van der Waals surface area contributed by atoms with E-state index in [0.29, 0.717) is 27.1 Å². The minimum atomic E-state index is -0.522. The number of rotatable bonds is 3. The first-order valence-corrected chi connectivity index (χ1v) is 7.28. The van der Waals surface area contributed by atoms with Crippen LogP contribution in [0.2, 0.25) is 10.0 Å². The van der Waals surface area contributed by atoms with E-state index in [1.165, 1.54) is 11.8 Å². The molecule has 0 atom stereocenters. The van der Waals surface area contributed by atoms with Gasteiger partial charge in [0.2, 0.25) is 0 Å². The third kappa shape index (κ3) is 2.93. The van der Waals surface area contributed by atoms with Gasteiger partial charge in [0.15, 0.2) is 11.5 Å². The molecule has 2 aromatic heterocycles. The van der Waals surface area contributed by atoms with Gasteiger partial charge in [-0.1, -0.05) is 23.2 Å². The number of esters is 1. The van der Waals surface area contributed by atoms with Crippen LogP contribution in [-0.2, 0) is 4.74 Å². The molecule has 1 aromatic carbocycles. The fraction of sp³-hybridized carbons (Fsp3) is 0.143. The molecule has 0 amide bonds. The standard InChI is InChI=1S/C14H11Cl2N5O2/c1-7-5-11(13(22)23-2)21(20-7)14-17-12(18-19-14)8-3-4-9(15)10(16)6-8/h3-6H,1-2H3,(H,17,18,19). The Morgan fingerprint density at radius 3 is 2.74 bits per heavy atom. The van der Waals surface area contributed by atoms with Gasteiger partial charge >= 0.3 is 5.97 Å². The largest absolute Gasteiger partial charge is 0.464 e. The van der Waals surface area contributed by atoms with Crippen molar-refractivity contribution in [3.8, 4) is 17.3 Å². The third-order valence-corrected chi connectivity index (χ3v) is 3.82. The topological polar surface area (TPSA) is 85.7 Å². The summed E-state index contributed by atoms with van der Waals surface area (Å²) in [6, 6.07) is 6.69. The molecule has 0 radical (unpaired) electrons. The highest BCUT2D eigenvalue weighted by Crippen LogP contribution is 2.27. The Kier molecular flexibility index (Phi) is 4.06. The van der Waals surface area contributed by atoms with Gasteiger partial charge in [0.1, 0.15) is 0 Å². The Balaban J connectivity index is 2.02. The molecule has 0 aliphatic carbocycles. The van der Waals surface area contributed by atoms with Gasteiger partial charge in [-0.3, -0.25) is 5.10 Å². The van der Waals surface area contributed by atoms with Gasteiger partial charge in [-0.05, 0) is 31.2 Å². The highest BCUT2D eigenvalue weighted by Gasteiger charge is 2.19. The van der Waals surface area contributed by atoms with E-state index in [-0.39, 0.29) is 11.6 Å². The number of aryl methyl sites for hydroxylation is 1. The number of carbonyl (C=O) groups excluding carboxylic acids is 1. The van der Waals surface area contributed by atoms with Crippen LogP contribution in [0.15, 0.2) is 24.3 Å². The van der Waals surface area contributed by atoms with Crippen LogP contribution in [0, 0.1) is 6.92 Å². The Morgan fingerprint density at radius 1 is 1.26 bits per heavy atom. The molecule has 3 rings (SSSR count). The summed E-state index contributed by atoms with van der Waals surface area (Å²) in [5.41, 5.74) is 1.60. The molecule has 9 heteroatoms. The number of methoxy groups -OCH3 is 1. The van der Waals surface area contributed by atoms with Gasteiger partial charge < -0.3 is 4.74 Å². The Morgan fingerprint density at radius 2 is 2.04 bits per heavy atom. The molecule has 0 unspecified atom stereocenters. The molecular formula is C14H11Cl2N5O2. The van der Waals surface area contributed by atoms with Crippen LogP contribution in [0.3, 0.4) is 0 Å². The van der Waals surface area contributed by atoms with E-state index in [9.17, 15) is 4.79 Å². The minimum absolute atomic E-state index is 0.222. The number of ether oxygens (including phenoxy) is 1. The number of H-pyrrole nitrogens is 1. The van der Waals surface area contributed by atoms with Crippen LogP contribution in [-0.4, -0.2) is 38.0 Å².